The van der Waals surface area contributed by atoms with Gasteiger partial charge in [-0.25, -0.2) is 0 Å². The zero-order chi connectivity index (χ0) is 49.7. The van der Waals surface area contributed by atoms with Crippen molar-refractivity contribution in [1.29, 1.82) is 0 Å². The third-order valence-electron chi connectivity index (χ3n) is 16.6. The lowest BCUT2D eigenvalue weighted by Gasteiger charge is -2.32. The zero-order valence-electron chi connectivity index (χ0n) is 41.7. The molecule has 14 aromatic rings. The molecular weight excluding hydrogens is 913 g/mol. The van der Waals surface area contributed by atoms with Gasteiger partial charge in [-0.2, -0.15) is 0 Å². The molecule has 1 spiro atoms. The topological polar surface area (TPSA) is 34.5 Å². The number of nitrogens with zero attached hydrogens (tertiary/aromatic N) is 2. The minimum atomic E-state index is -0.686. The van der Waals surface area contributed by atoms with Crippen LogP contribution in [0.5, 0.6) is 0 Å². The van der Waals surface area contributed by atoms with E-state index in [0.717, 1.165) is 83.3 Å². The van der Waals surface area contributed by atoms with Gasteiger partial charge in [0.25, 0.3) is 0 Å². The maximum atomic E-state index is 7.46. The van der Waals surface area contributed by atoms with Gasteiger partial charge in [0.05, 0.1) is 27.5 Å². The van der Waals surface area contributed by atoms with Gasteiger partial charge < -0.3 is 18.3 Å². The molecule has 0 amide bonds. The Kier molecular flexibility index (Phi) is 8.62. The Morgan fingerprint density at radius 1 is 0.400 bits per heavy atom. The monoisotopic (exact) mass is 960 g/mol. The summed E-state index contributed by atoms with van der Waals surface area (Å²) in [6.45, 7) is 6.81. The summed E-state index contributed by atoms with van der Waals surface area (Å²) in [6, 6.07) is 87.1. The summed E-state index contributed by atoms with van der Waals surface area (Å²) >= 11 is 0. The van der Waals surface area contributed by atoms with Crippen molar-refractivity contribution in [3.63, 3.8) is 0 Å². The number of furan rings is 2. The molecule has 0 radical (unpaired) electrons. The molecule has 354 valence electrons. The van der Waals surface area contributed by atoms with E-state index < -0.39 is 5.41 Å². The lowest BCUT2D eigenvalue weighted by Crippen LogP contribution is -2.26. The number of anilines is 3. The third-order valence-corrected chi connectivity index (χ3v) is 16.6. The zero-order valence-corrected chi connectivity index (χ0v) is 41.7. The first kappa shape index (κ1) is 42.2. The fourth-order valence-corrected chi connectivity index (χ4v) is 13.3. The van der Waals surface area contributed by atoms with Gasteiger partial charge in [0.1, 0.15) is 22.3 Å². The molecule has 4 heteroatoms. The van der Waals surface area contributed by atoms with Crippen LogP contribution in [-0.2, 0) is 10.8 Å². The van der Waals surface area contributed by atoms with Crippen LogP contribution in [0, 0.1) is 0 Å². The molecule has 0 N–H and O–H groups in total. The largest absolute Gasteiger partial charge is 0.456 e. The van der Waals surface area contributed by atoms with Crippen molar-refractivity contribution in [1.82, 2.24) is 4.57 Å². The maximum absolute atomic E-state index is 7.46. The maximum Gasteiger partial charge on any atom is 0.145 e. The average molecular weight is 961 g/mol. The summed E-state index contributed by atoms with van der Waals surface area (Å²) in [5, 5.41) is 6.71. The fraction of sp³-hybridized carbons (Fsp3) is 0.0704. The minimum Gasteiger partial charge on any atom is -0.456 e. The Labute approximate surface area is 434 Å². The van der Waals surface area contributed by atoms with E-state index in [-0.39, 0.29) is 5.41 Å². The summed E-state index contributed by atoms with van der Waals surface area (Å²) in [5.41, 5.74) is 22.8. The number of hydrogen-bond acceptors (Lipinski definition) is 3. The predicted octanol–water partition coefficient (Wildman–Crippen LogP) is 19.4. The highest BCUT2D eigenvalue weighted by atomic mass is 16.3. The molecule has 2 aliphatic rings. The highest BCUT2D eigenvalue weighted by Gasteiger charge is 2.54. The van der Waals surface area contributed by atoms with Crippen LogP contribution in [0.3, 0.4) is 0 Å². The van der Waals surface area contributed by atoms with Crippen LogP contribution >= 0.6 is 0 Å². The predicted molar refractivity (Wildman–Crippen MR) is 310 cm³/mol. The van der Waals surface area contributed by atoms with Crippen LogP contribution < -0.4 is 4.90 Å². The van der Waals surface area contributed by atoms with Crippen molar-refractivity contribution in [3.8, 4) is 39.1 Å². The van der Waals surface area contributed by atoms with Crippen molar-refractivity contribution >= 4 is 82.7 Å². The number of fused-ring (bicyclic) bond motifs is 21. The Bertz CT molecular complexity index is 4630. The second-order valence-corrected chi connectivity index (χ2v) is 21.5. The second kappa shape index (κ2) is 15.3. The molecule has 3 heterocycles. The van der Waals surface area contributed by atoms with Gasteiger partial charge in [0.2, 0.25) is 0 Å². The van der Waals surface area contributed by atoms with Crippen LogP contribution in [0.25, 0.3) is 105 Å². The van der Waals surface area contributed by atoms with Gasteiger partial charge in [-0.05, 0) is 128 Å². The smallest absolute Gasteiger partial charge is 0.145 e. The highest BCUT2D eigenvalue weighted by Crippen LogP contribution is 2.67. The van der Waals surface area contributed by atoms with E-state index in [1.54, 1.807) is 0 Å². The first-order valence-corrected chi connectivity index (χ1v) is 26.1. The van der Waals surface area contributed by atoms with E-state index in [4.69, 9.17) is 8.83 Å². The standard InChI is InChI=1S/C71H48N2O2/c1-70(2,3)45-33-29-43(30-34-45)44-31-35-47(36-32-44)72(48-37-39-60-54(41-48)51-21-9-14-26-59(51)73(60)46-17-5-4-6-18-46)61-42-58-68(69-65(61)52-22-10-16-28-63(52)75-69)67-57(38-40-64-66(67)53-23-11-15-27-62(53)74-64)71(58)55-24-12-7-19-49(55)50-20-8-13-25-56(50)71/h4-42H,1-3H3. The molecular formula is C71H48N2O2. The van der Waals surface area contributed by atoms with E-state index >= 15 is 0 Å². The van der Waals surface area contributed by atoms with E-state index in [2.05, 4.69) is 267 Å². The first-order valence-electron chi connectivity index (χ1n) is 26.1. The van der Waals surface area contributed by atoms with Crippen LogP contribution in [0.15, 0.2) is 245 Å². The summed E-state index contributed by atoms with van der Waals surface area (Å²) in [6.07, 6.45) is 0. The molecule has 2 aliphatic carbocycles. The molecule has 16 rings (SSSR count). The highest BCUT2D eigenvalue weighted by molar-refractivity contribution is 6.25. The minimum absolute atomic E-state index is 0.0662. The van der Waals surface area contributed by atoms with Gasteiger partial charge in [0.15, 0.2) is 0 Å². The number of rotatable bonds is 5. The molecule has 0 aliphatic heterocycles. The van der Waals surface area contributed by atoms with E-state index in [1.165, 1.54) is 66.4 Å². The fourth-order valence-electron chi connectivity index (χ4n) is 13.3. The molecule has 0 atom stereocenters. The Morgan fingerprint density at radius 2 is 0.973 bits per heavy atom. The summed E-state index contributed by atoms with van der Waals surface area (Å²) in [4.78, 5) is 2.50. The molecule has 11 aromatic carbocycles. The van der Waals surface area contributed by atoms with E-state index in [1.807, 2.05) is 0 Å². The van der Waals surface area contributed by atoms with Crippen molar-refractivity contribution in [3.05, 3.63) is 264 Å². The van der Waals surface area contributed by atoms with Crippen LogP contribution in [0.4, 0.5) is 17.1 Å². The molecule has 0 fully saturated rings. The van der Waals surface area contributed by atoms with Crippen LogP contribution in [0.1, 0.15) is 48.6 Å². The summed E-state index contributed by atoms with van der Waals surface area (Å²) in [7, 11) is 0. The average Bonchev–Trinajstić information content (AvgIpc) is 4.27. The Balaban J connectivity index is 1.04. The number of para-hydroxylation sites is 4. The second-order valence-electron chi connectivity index (χ2n) is 21.5. The van der Waals surface area contributed by atoms with E-state index in [9.17, 15) is 0 Å². The van der Waals surface area contributed by atoms with Crippen LogP contribution in [-0.4, -0.2) is 4.57 Å². The summed E-state index contributed by atoms with van der Waals surface area (Å²) < 4.78 is 16.6. The van der Waals surface area contributed by atoms with Gasteiger partial charge in [-0.15, -0.1) is 0 Å². The third kappa shape index (κ3) is 5.77. The van der Waals surface area contributed by atoms with Crippen LogP contribution in [0.2, 0.25) is 0 Å². The lowest BCUT2D eigenvalue weighted by atomic mass is 9.70. The molecule has 0 saturated heterocycles. The quantitative estimate of drug-likeness (QED) is 0.172. The SMILES string of the molecule is CC(C)(C)c1ccc(-c2ccc(N(c3ccc4c(c3)c3ccccc3n4-c3ccccc3)c3cc4c(c5oc6ccccc6c35)-c3c(ccc5oc6ccccc6c35)C43c4ccccc4-c4ccccc43)cc2)cc1. The van der Waals surface area contributed by atoms with Crippen molar-refractivity contribution in [2.45, 2.75) is 31.6 Å². The summed E-state index contributed by atoms with van der Waals surface area (Å²) in [5.74, 6) is 0. The van der Waals surface area contributed by atoms with Gasteiger partial charge in [0, 0.05) is 55.1 Å². The number of aromatic nitrogens is 1. The van der Waals surface area contributed by atoms with Crippen molar-refractivity contribution < 1.29 is 8.83 Å². The van der Waals surface area contributed by atoms with Crippen molar-refractivity contribution in [2.75, 3.05) is 4.90 Å². The van der Waals surface area contributed by atoms with Gasteiger partial charge >= 0.3 is 0 Å². The number of hydrogen-bond donors (Lipinski definition) is 0. The normalized spacial score (nSPS) is 13.4. The molecule has 0 unspecified atom stereocenters. The Morgan fingerprint density at radius 3 is 1.68 bits per heavy atom. The number of benzene rings is 11. The van der Waals surface area contributed by atoms with Crippen molar-refractivity contribution in [2.24, 2.45) is 0 Å². The molecule has 75 heavy (non-hydrogen) atoms. The van der Waals surface area contributed by atoms with E-state index in [0.29, 0.717) is 0 Å². The molecule has 3 aromatic heterocycles. The molecule has 4 nitrogen and oxygen atoms in total. The molecule has 0 bridgehead atoms. The lowest BCUT2D eigenvalue weighted by molar-refractivity contribution is 0.590. The Hall–Kier alpha value is -9.38. The first-order chi connectivity index (χ1) is 36.8. The van der Waals surface area contributed by atoms with Gasteiger partial charge in [-0.1, -0.05) is 185 Å². The molecule has 0 saturated carbocycles. The van der Waals surface area contributed by atoms with Gasteiger partial charge in [-0.3, -0.25) is 0 Å².